The van der Waals surface area contributed by atoms with Gasteiger partial charge in [-0.15, -0.1) is 0 Å². The number of benzene rings is 1. The second-order valence-corrected chi connectivity index (χ2v) is 6.57. The van der Waals surface area contributed by atoms with Crippen molar-refractivity contribution in [3.05, 3.63) is 47.8 Å². The largest absolute Gasteiger partial charge is 0.492 e. The van der Waals surface area contributed by atoms with Crippen molar-refractivity contribution in [2.45, 2.75) is 25.4 Å². The van der Waals surface area contributed by atoms with Gasteiger partial charge >= 0.3 is 0 Å². The summed E-state index contributed by atoms with van der Waals surface area (Å²) in [6.07, 6.45) is 4.28. The van der Waals surface area contributed by atoms with Crippen LogP contribution in [0.5, 0.6) is 0 Å². The van der Waals surface area contributed by atoms with E-state index in [1.54, 1.807) is 13.3 Å². The van der Waals surface area contributed by atoms with E-state index >= 15 is 0 Å². The van der Waals surface area contributed by atoms with Crippen molar-refractivity contribution in [3.8, 4) is 0 Å². The fraction of sp³-hybridized carbons (Fsp3) is 0.450. The van der Waals surface area contributed by atoms with Crippen LogP contribution in [0.1, 0.15) is 24.9 Å². The van der Waals surface area contributed by atoms with Crippen LogP contribution in [-0.2, 0) is 19.0 Å². The maximum Gasteiger partial charge on any atom is 0.287 e. The van der Waals surface area contributed by atoms with E-state index in [1.165, 1.54) is 13.4 Å². The number of amides is 1. The fourth-order valence-electron chi connectivity index (χ4n) is 3.59. The number of nitrogens with two attached hydrogens (primary N) is 1. The molecular formula is C20H26N4O4. The number of methoxy groups -OCH3 is 2. The molecule has 28 heavy (non-hydrogen) atoms. The third-order valence-electron chi connectivity index (χ3n) is 4.92. The van der Waals surface area contributed by atoms with Gasteiger partial charge in [-0.1, -0.05) is 6.07 Å². The van der Waals surface area contributed by atoms with Crippen molar-refractivity contribution in [2.75, 3.05) is 34.0 Å². The molecule has 1 aromatic heterocycles. The lowest BCUT2D eigenvalue weighted by Gasteiger charge is -2.46. The number of hydrogen-bond acceptors (Lipinski definition) is 7. The molecule has 0 saturated carbocycles. The van der Waals surface area contributed by atoms with Crippen LogP contribution in [-0.4, -0.2) is 60.8 Å². The average Bonchev–Trinajstić information content (AvgIpc) is 2.68. The Morgan fingerprint density at radius 1 is 1.39 bits per heavy atom. The Hall–Kier alpha value is -2.71. The van der Waals surface area contributed by atoms with E-state index in [4.69, 9.17) is 19.9 Å². The molecule has 2 aromatic rings. The zero-order chi connectivity index (χ0) is 20.1. The third-order valence-corrected chi connectivity index (χ3v) is 4.92. The van der Waals surface area contributed by atoms with Crippen molar-refractivity contribution in [1.29, 1.82) is 0 Å². The van der Waals surface area contributed by atoms with Crippen LogP contribution >= 0.6 is 0 Å². The van der Waals surface area contributed by atoms with Gasteiger partial charge in [-0.25, -0.2) is 9.97 Å². The van der Waals surface area contributed by atoms with E-state index in [2.05, 4.69) is 14.9 Å². The summed E-state index contributed by atoms with van der Waals surface area (Å²) in [6.45, 7) is 3.67. The van der Waals surface area contributed by atoms with Crippen LogP contribution in [0.4, 0.5) is 0 Å². The minimum atomic E-state index is -0.663. The lowest BCUT2D eigenvalue weighted by Crippen LogP contribution is -2.52. The Morgan fingerprint density at radius 3 is 2.82 bits per heavy atom. The highest BCUT2D eigenvalue weighted by atomic mass is 16.5. The number of fused-ring (bicyclic) bond motifs is 1. The number of primary amides is 1. The van der Waals surface area contributed by atoms with Gasteiger partial charge in [0.05, 0.1) is 31.9 Å². The summed E-state index contributed by atoms with van der Waals surface area (Å²) in [6, 6.07) is 5.80. The molecule has 0 bridgehead atoms. The predicted octanol–water partition coefficient (Wildman–Crippen LogP) is 1.77. The monoisotopic (exact) mass is 386 g/mol. The van der Waals surface area contributed by atoms with Gasteiger partial charge in [-0.3, -0.25) is 9.69 Å². The van der Waals surface area contributed by atoms with E-state index in [1.807, 2.05) is 25.1 Å². The molecule has 1 fully saturated rings. The summed E-state index contributed by atoms with van der Waals surface area (Å²) in [7, 11) is 3.11. The third kappa shape index (κ3) is 3.93. The minimum absolute atomic E-state index is 0.0272. The Kier molecular flexibility index (Phi) is 6.43. The number of nitrogens with zero attached hydrogens (tertiary/aromatic N) is 3. The SMILES string of the molecule is CCO/C(=C(/OC)C(N)=O)C(c1ccc2ncncc2c1)N1CCC1COC. The molecule has 0 radical (unpaired) electrons. The number of hydrogen-bond donors (Lipinski definition) is 1. The zero-order valence-electron chi connectivity index (χ0n) is 16.4. The molecule has 0 aliphatic carbocycles. The Labute approximate surface area is 164 Å². The summed E-state index contributed by atoms with van der Waals surface area (Å²) in [5.74, 6) is -0.224. The smallest absolute Gasteiger partial charge is 0.287 e. The van der Waals surface area contributed by atoms with Gasteiger partial charge in [0.25, 0.3) is 5.91 Å². The predicted molar refractivity (Wildman–Crippen MR) is 104 cm³/mol. The number of carbonyl (C=O) groups is 1. The quantitative estimate of drug-likeness (QED) is 0.518. The highest BCUT2D eigenvalue weighted by Crippen LogP contribution is 2.38. The molecule has 1 aliphatic heterocycles. The Morgan fingerprint density at radius 2 is 2.21 bits per heavy atom. The van der Waals surface area contributed by atoms with Crippen LogP contribution in [0.2, 0.25) is 0 Å². The second-order valence-electron chi connectivity index (χ2n) is 6.57. The first-order chi connectivity index (χ1) is 13.6. The molecule has 1 aliphatic rings. The van der Waals surface area contributed by atoms with E-state index in [0.29, 0.717) is 19.0 Å². The van der Waals surface area contributed by atoms with E-state index in [0.717, 1.165) is 29.4 Å². The lowest BCUT2D eigenvalue weighted by atomic mass is 9.93. The molecular weight excluding hydrogens is 360 g/mol. The Bertz CT molecular complexity index is 870. The molecule has 8 heteroatoms. The topological polar surface area (TPSA) is 99.8 Å². The summed E-state index contributed by atoms with van der Waals surface area (Å²) in [5.41, 5.74) is 7.37. The molecule has 2 N–H and O–H groups in total. The summed E-state index contributed by atoms with van der Waals surface area (Å²) in [5, 5.41) is 0.905. The van der Waals surface area contributed by atoms with E-state index in [-0.39, 0.29) is 17.8 Å². The Balaban J connectivity index is 2.14. The second kappa shape index (κ2) is 8.99. The maximum absolute atomic E-state index is 12.0. The zero-order valence-corrected chi connectivity index (χ0v) is 16.4. The summed E-state index contributed by atoms with van der Waals surface area (Å²) < 4.78 is 16.6. The van der Waals surface area contributed by atoms with Crippen LogP contribution in [0.15, 0.2) is 42.2 Å². The molecule has 2 heterocycles. The van der Waals surface area contributed by atoms with Crippen LogP contribution in [0, 0.1) is 0 Å². The molecule has 2 unspecified atom stereocenters. The van der Waals surface area contributed by atoms with E-state index < -0.39 is 5.91 Å². The van der Waals surface area contributed by atoms with Crippen molar-refractivity contribution >= 4 is 16.8 Å². The summed E-state index contributed by atoms with van der Waals surface area (Å²) >= 11 is 0. The number of likely N-dealkylation sites (tertiary alicyclic amines) is 1. The van der Waals surface area contributed by atoms with Gasteiger partial charge in [0.2, 0.25) is 5.76 Å². The average molecular weight is 386 g/mol. The van der Waals surface area contributed by atoms with E-state index in [9.17, 15) is 4.79 Å². The molecule has 3 rings (SSSR count). The lowest BCUT2D eigenvalue weighted by molar-refractivity contribution is -0.118. The highest BCUT2D eigenvalue weighted by molar-refractivity contribution is 5.90. The summed E-state index contributed by atoms with van der Waals surface area (Å²) in [4.78, 5) is 22.7. The van der Waals surface area contributed by atoms with Crippen LogP contribution < -0.4 is 5.73 Å². The number of ether oxygens (including phenoxy) is 3. The molecule has 1 amide bonds. The first-order valence-corrected chi connectivity index (χ1v) is 9.25. The van der Waals surface area contributed by atoms with Crippen LogP contribution in [0.3, 0.4) is 0 Å². The molecule has 0 spiro atoms. The van der Waals surface area contributed by atoms with Crippen LogP contribution in [0.25, 0.3) is 10.9 Å². The van der Waals surface area contributed by atoms with Gasteiger partial charge in [-0.2, -0.15) is 0 Å². The van der Waals surface area contributed by atoms with Crippen molar-refractivity contribution < 1.29 is 19.0 Å². The van der Waals surface area contributed by atoms with Gasteiger partial charge in [-0.05, 0) is 31.0 Å². The normalized spacial score (nSPS) is 18.9. The van der Waals surface area contributed by atoms with Crippen molar-refractivity contribution in [1.82, 2.24) is 14.9 Å². The minimum Gasteiger partial charge on any atom is -0.492 e. The van der Waals surface area contributed by atoms with Gasteiger partial charge < -0.3 is 19.9 Å². The molecule has 1 saturated heterocycles. The first-order valence-electron chi connectivity index (χ1n) is 9.25. The highest BCUT2D eigenvalue weighted by Gasteiger charge is 2.39. The number of rotatable bonds is 9. The first kappa shape index (κ1) is 20.0. The molecule has 8 nitrogen and oxygen atoms in total. The molecule has 1 aromatic carbocycles. The maximum atomic E-state index is 12.0. The van der Waals surface area contributed by atoms with Gasteiger partial charge in [0.15, 0.2) is 5.76 Å². The van der Waals surface area contributed by atoms with Gasteiger partial charge in [0.1, 0.15) is 6.33 Å². The number of aromatic nitrogens is 2. The molecule has 150 valence electrons. The fourth-order valence-corrected chi connectivity index (χ4v) is 3.59. The van der Waals surface area contributed by atoms with Gasteiger partial charge in [0, 0.05) is 31.3 Å². The van der Waals surface area contributed by atoms with Crippen molar-refractivity contribution in [2.24, 2.45) is 5.73 Å². The molecule has 2 atom stereocenters. The number of carbonyl (C=O) groups excluding carboxylic acids is 1. The standard InChI is InChI=1S/C20H26N4O4/c1-4-28-18(19(27-3)20(21)25)17(24-8-7-15(24)11-26-2)13-5-6-16-14(9-13)10-22-12-23-16/h5-6,9-10,12,15,17H,4,7-8,11H2,1-3H3,(H2,21,25)/b19-18+. The van der Waals surface area contributed by atoms with Crippen molar-refractivity contribution in [3.63, 3.8) is 0 Å².